The van der Waals surface area contributed by atoms with E-state index in [4.69, 9.17) is 10.2 Å². The Labute approximate surface area is 104 Å². The molecule has 18 heavy (non-hydrogen) atoms. The Morgan fingerprint density at radius 3 is 2.89 bits per heavy atom. The van der Waals surface area contributed by atoms with Crippen molar-refractivity contribution < 1.29 is 17.2 Å². The molecule has 0 aliphatic heterocycles. The molecule has 2 rings (SSSR count). The fraction of sp³-hybridized carbons (Fsp3) is 0.364. The number of aromatic nitrogens is 1. The Kier molecular flexibility index (Phi) is 3.36. The van der Waals surface area contributed by atoms with E-state index in [0.29, 0.717) is 11.1 Å². The van der Waals surface area contributed by atoms with Crippen LogP contribution in [0, 0.1) is 5.82 Å². The summed E-state index contributed by atoms with van der Waals surface area (Å²) in [7, 11) is -3.07. The highest BCUT2D eigenvalue weighted by Gasteiger charge is 2.16. The second-order valence-electron chi connectivity index (χ2n) is 4.19. The molecule has 1 atom stereocenters. The van der Waals surface area contributed by atoms with Crippen LogP contribution in [0.1, 0.15) is 18.4 Å². The molecule has 1 unspecified atom stereocenters. The summed E-state index contributed by atoms with van der Waals surface area (Å²) in [5.41, 5.74) is 6.60. The minimum absolute atomic E-state index is 0.0404. The van der Waals surface area contributed by atoms with Gasteiger partial charge in [0.1, 0.15) is 21.2 Å². The first-order chi connectivity index (χ1) is 8.35. The third-order valence-electron chi connectivity index (χ3n) is 2.48. The number of nitrogens with two attached hydrogens (primary N) is 1. The van der Waals surface area contributed by atoms with Gasteiger partial charge in [0.05, 0.1) is 11.8 Å². The molecule has 0 bridgehead atoms. The van der Waals surface area contributed by atoms with E-state index in [0.717, 1.165) is 6.26 Å². The van der Waals surface area contributed by atoms with Crippen molar-refractivity contribution in [2.45, 2.75) is 12.5 Å². The van der Waals surface area contributed by atoms with Crippen molar-refractivity contribution in [1.82, 2.24) is 4.98 Å². The Morgan fingerprint density at radius 2 is 2.22 bits per heavy atom. The minimum Gasteiger partial charge on any atom is -0.439 e. The fourth-order valence-electron chi connectivity index (χ4n) is 1.54. The molecule has 0 spiro atoms. The second-order valence-corrected chi connectivity index (χ2v) is 6.45. The maximum atomic E-state index is 13.0. The van der Waals surface area contributed by atoms with E-state index in [1.165, 1.54) is 18.2 Å². The zero-order chi connectivity index (χ0) is 13.3. The topological polar surface area (TPSA) is 86.2 Å². The average molecular weight is 272 g/mol. The highest BCUT2D eigenvalue weighted by Crippen LogP contribution is 2.21. The zero-order valence-corrected chi connectivity index (χ0v) is 10.6. The molecular formula is C11H13FN2O3S. The van der Waals surface area contributed by atoms with Crippen molar-refractivity contribution >= 4 is 20.9 Å². The first-order valence-corrected chi connectivity index (χ1v) is 7.40. The highest BCUT2D eigenvalue weighted by atomic mass is 32.2. The van der Waals surface area contributed by atoms with Crippen LogP contribution in [0.25, 0.3) is 11.1 Å². The maximum Gasteiger partial charge on any atom is 0.212 e. The molecule has 0 aliphatic carbocycles. The van der Waals surface area contributed by atoms with Crippen LogP contribution in [0.5, 0.6) is 0 Å². The molecule has 0 radical (unpaired) electrons. The van der Waals surface area contributed by atoms with Crippen molar-refractivity contribution in [3.63, 3.8) is 0 Å². The quantitative estimate of drug-likeness (QED) is 0.909. The van der Waals surface area contributed by atoms with E-state index in [9.17, 15) is 12.8 Å². The molecule has 0 aliphatic rings. The zero-order valence-electron chi connectivity index (χ0n) is 9.76. The van der Waals surface area contributed by atoms with E-state index in [2.05, 4.69) is 4.98 Å². The molecule has 2 N–H and O–H groups in total. The van der Waals surface area contributed by atoms with Gasteiger partial charge in [0.15, 0.2) is 5.58 Å². The number of benzene rings is 1. The molecule has 0 fully saturated rings. The van der Waals surface area contributed by atoms with Gasteiger partial charge in [0.2, 0.25) is 5.89 Å². The molecule has 0 saturated carbocycles. The number of fused-ring (bicyclic) bond motifs is 1. The Hall–Kier alpha value is -1.47. The summed E-state index contributed by atoms with van der Waals surface area (Å²) in [5, 5.41) is 0. The Bertz CT molecular complexity index is 666. The van der Waals surface area contributed by atoms with Gasteiger partial charge in [0.25, 0.3) is 0 Å². The van der Waals surface area contributed by atoms with E-state index in [1.807, 2.05) is 0 Å². The summed E-state index contributed by atoms with van der Waals surface area (Å²) in [6.45, 7) is 0. The van der Waals surface area contributed by atoms with Gasteiger partial charge >= 0.3 is 0 Å². The van der Waals surface area contributed by atoms with Gasteiger partial charge in [-0.3, -0.25) is 0 Å². The molecule has 98 valence electrons. The minimum atomic E-state index is -3.07. The predicted octanol–water partition coefficient (Wildman–Crippen LogP) is 1.40. The monoisotopic (exact) mass is 272 g/mol. The smallest absolute Gasteiger partial charge is 0.212 e. The van der Waals surface area contributed by atoms with Crippen molar-refractivity contribution in [2.24, 2.45) is 5.73 Å². The number of oxazole rings is 1. The highest BCUT2D eigenvalue weighted by molar-refractivity contribution is 7.90. The normalized spacial score (nSPS) is 13.9. The number of hydrogen-bond donors (Lipinski definition) is 1. The fourth-order valence-corrected chi connectivity index (χ4v) is 2.22. The molecule has 1 aromatic heterocycles. The summed E-state index contributed by atoms with van der Waals surface area (Å²) < 4.78 is 40.3. The summed E-state index contributed by atoms with van der Waals surface area (Å²) in [5.74, 6) is -0.240. The van der Waals surface area contributed by atoms with Gasteiger partial charge in [0, 0.05) is 12.3 Å². The molecule has 5 nitrogen and oxygen atoms in total. The standard InChI is InChI=1S/C11H13FN2O3S/c1-18(15,16)5-4-8(13)11-14-9-3-2-7(12)6-10(9)17-11/h2-3,6,8H,4-5,13H2,1H3. The molecule has 2 aromatic rings. The third-order valence-corrected chi connectivity index (χ3v) is 3.46. The van der Waals surface area contributed by atoms with Crippen LogP contribution in [0.3, 0.4) is 0 Å². The van der Waals surface area contributed by atoms with Crippen LogP contribution in [0.4, 0.5) is 4.39 Å². The van der Waals surface area contributed by atoms with Crippen LogP contribution in [-0.2, 0) is 9.84 Å². The number of rotatable bonds is 4. The summed E-state index contributed by atoms with van der Waals surface area (Å²) in [4.78, 5) is 4.10. The van der Waals surface area contributed by atoms with Crippen molar-refractivity contribution in [1.29, 1.82) is 0 Å². The van der Waals surface area contributed by atoms with Gasteiger partial charge in [-0.2, -0.15) is 0 Å². The van der Waals surface area contributed by atoms with Crippen LogP contribution in [0.2, 0.25) is 0 Å². The van der Waals surface area contributed by atoms with Crippen LogP contribution < -0.4 is 5.73 Å². The van der Waals surface area contributed by atoms with E-state index in [-0.39, 0.29) is 18.1 Å². The molecule has 7 heteroatoms. The summed E-state index contributed by atoms with van der Waals surface area (Å²) in [6, 6.07) is 3.36. The summed E-state index contributed by atoms with van der Waals surface area (Å²) >= 11 is 0. The van der Waals surface area contributed by atoms with Gasteiger partial charge in [-0.05, 0) is 18.6 Å². The average Bonchev–Trinajstić information content (AvgIpc) is 2.67. The summed E-state index contributed by atoms with van der Waals surface area (Å²) in [6.07, 6.45) is 1.36. The molecule has 0 saturated heterocycles. The van der Waals surface area contributed by atoms with Gasteiger partial charge in [-0.1, -0.05) is 0 Å². The van der Waals surface area contributed by atoms with Crippen molar-refractivity contribution in [2.75, 3.05) is 12.0 Å². The second kappa shape index (κ2) is 4.66. The number of halogens is 1. The maximum absolute atomic E-state index is 13.0. The number of sulfone groups is 1. The number of nitrogens with zero attached hydrogens (tertiary/aromatic N) is 1. The largest absolute Gasteiger partial charge is 0.439 e. The number of hydrogen-bond acceptors (Lipinski definition) is 5. The van der Waals surface area contributed by atoms with Crippen LogP contribution in [-0.4, -0.2) is 25.4 Å². The van der Waals surface area contributed by atoms with Crippen molar-refractivity contribution in [3.05, 3.63) is 29.9 Å². The van der Waals surface area contributed by atoms with Crippen LogP contribution in [0.15, 0.2) is 22.6 Å². The Balaban J connectivity index is 2.20. The first-order valence-electron chi connectivity index (χ1n) is 5.34. The molecular weight excluding hydrogens is 259 g/mol. The molecule has 1 aromatic carbocycles. The van der Waals surface area contributed by atoms with Gasteiger partial charge in [-0.15, -0.1) is 0 Å². The van der Waals surface area contributed by atoms with Crippen molar-refractivity contribution in [3.8, 4) is 0 Å². The van der Waals surface area contributed by atoms with E-state index in [1.54, 1.807) is 0 Å². The lowest BCUT2D eigenvalue weighted by Gasteiger charge is -2.05. The van der Waals surface area contributed by atoms with Crippen LogP contribution >= 0.6 is 0 Å². The molecule has 1 heterocycles. The SMILES string of the molecule is CS(=O)(=O)CCC(N)c1nc2ccc(F)cc2o1. The lowest BCUT2D eigenvalue weighted by Crippen LogP contribution is -2.15. The molecule has 0 amide bonds. The van der Waals surface area contributed by atoms with Gasteiger partial charge in [-0.25, -0.2) is 17.8 Å². The predicted molar refractivity (Wildman–Crippen MR) is 65.2 cm³/mol. The lowest BCUT2D eigenvalue weighted by atomic mass is 10.2. The Morgan fingerprint density at radius 1 is 1.50 bits per heavy atom. The van der Waals surface area contributed by atoms with E-state index < -0.39 is 21.7 Å². The lowest BCUT2D eigenvalue weighted by molar-refractivity contribution is 0.467. The van der Waals surface area contributed by atoms with Gasteiger partial charge < -0.3 is 10.2 Å². The third kappa shape index (κ3) is 3.05. The first kappa shape index (κ1) is 13.0. The van der Waals surface area contributed by atoms with E-state index >= 15 is 0 Å².